The van der Waals surface area contributed by atoms with Crippen molar-refractivity contribution in [2.24, 2.45) is 0 Å². The first kappa shape index (κ1) is 16.4. The Balaban J connectivity index is 3.69. The van der Waals surface area contributed by atoms with Crippen LogP contribution in [0.2, 0.25) is 0 Å². The summed E-state index contributed by atoms with van der Waals surface area (Å²) in [5.74, 6) is 0. The Morgan fingerprint density at radius 2 is 1.94 bits per heavy atom. The van der Waals surface area contributed by atoms with Gasteiger partial charge in [0.2, 0.25) is 0 Å². The predicted molar refractivity (Wildman–Crippen MR) is 73.8 cm³/mol. The van der Waals surface area contributed by atoms with Crippen molar-refractivity contribution in [3.8, 4) is 0 Å². The molecule has 0 heterocycles. The highest BCUT2D eigenvalue weighted by Crippen LogP contribution is 2.14. The van der Waals surface area contributed by atoms with Crippen LogP contribution in [0.1, 0.15) is 59.8 Å². The summed E-state index contributed by atoms with van der Waals surface area (Å²) < 4.78 is 0. The quantitative estimate of drug-likeness (QED) is 0.236. The van der Waals surface area contributed by atoms with Crippen LogP contribution in [0, 0.1) is 0 Å². The summed E-state index contributed by atoms with van der Waals surface area (Å²) >= 11 is 0. The molecule has 0 aromatic rings. The minimum Gasteiger partial charge on any atom is -0.236 e. The highest BCUT2D eigenvalue weighted by Gasteiger charge is 2.13. The largest absolute Gasteiger partial charge is 0.236 e. The van der Waals surface area contributed by atoms with E-state index in [1.165, 1.54) is 12.8 Å². The molecule has 0 spiro atoms. The molecule has 2 heteroatoms. The van der Waals surface area contributed by atoms with Gasteiger partial charge in [0.15, 0.2) is 0 Å². The van der Waals surface area contributed by atoms with E-state index in [2.05, 4.69) is 26.5 Å². The second-order valence-corrected chi connectivity index (χ2v) is 4.84. The van der Waals surface area contributed by atoms with Crippen molar-refractivity contribution in [3.63, 3.8) is 0 Å². The smallest absolute Gasteiger partial charge is 0.116 e. The number of allylic oxidation sites excluding steroid dienone is 2. The Labute approximate surface area is 107 Å². The fourth-order valence-corrected chi connectivity index (χ4v) is 1.52. The molecule has 0 atom stereocenters. The average molecular weight is 240 g/mol. The van der Waals surface area contributed by atoms with Gasteiger partial charge >= 0.3 is 0 Å². The fraction of sp³-hybridized carbons (Fsp3) is 0.733. The summed E-state index contributed by atoms with van der Waals surface area (Å²) in [5, 5.41) is 0. The van der Waals surface area contributed by atoms with Gasteiger partial charge in [0.05, 0.1) is 6.61 Å². The average Bonchev–Trinajstić information content (AvgIpc) is 2.29. The zero-order valence-corrected chi connectivity index (χ0v) is 11.9. The van der Waals surface area contributed by atoms with Crippen molar-refractivity contribution >= 4 is 0 Å². The first-order valence-corrected chi connectivity index (χ1v) is 6.67. The Morgan fingerprint density at radius 3 is 2.47 bits per heavy atom. The van der Waals surface area contributed by atoms with E-state index in [1.54, 1.807) is 11.6 Å². The summed E-state index contributed by atoms with van der Waals surface area (Å²) in [6, 6.07) is 0. The Bertz CT molecular complexity index is 229. The summed E-state index contributed by atoms with van der Waals surface area (Å²) in [5.41, 5.74) is 1.15. The van der Waals surface area contributed by atoms with Gasteiger partial charge in [-0.25, -0.2) is 9.78 Å². The molecule has 0 aliphatic heterocycles. The maximum atomic E-state index is 5.24. The molecule has 0 aliphatic rings. The van der Waals surface area contributed by atoms with Gasteiger partial charge in [0, 0.05) is 0 Å². The van der Waals surface area contributed by atoms with Gasteiger partial charge in [-0.3, -0.25) is 0 Å². The van der Waals surface area contributed by atoms with Crippen LogP contribution in [0.25, 0.3) is 0 Å². The van der Waals surface area contributed by atoms with Crippen molar-refractivity contribution in [1.29, 1.82) is 0 Å². The van der Waals surface area contributed by atoms with E-state index in [9.17, 15) is 0 Å². The molecule has 0 aromatic heterocycles. The lowest BCUT2D eigenvalue weighted by molar-refractivity contribution is -0.340. The number of hydrogen-bond donors (Lipinski definition) is 0. The molecule has 0 saturated heterocycles. The van der Waals surface area contributed by atoms with Gasteiger partial charge in [-0.15, -0.1) is 6.58 Å². The van der Waals surface area contributed by atoms with Gasteiger partial charge < -0.3 is 0 Å². The number of hydrogen-bond acceptors (Lipinski definition) is 2. The molecule has 0 radical (unpaired) electrons. The molecule has 17 heavy (non-hydrogen) atoms. The van der Waals surface area contributed by atoms with Crippen LogP contribution in [0.15, 0.2) is 24.3 Å². The molecular formula is C15H28O2. The number of rotatable bonds is 10. The van der Waals surface area contributed by atoms with E-state index in [1.807, 2.05) is 13.8 Å². The molecule has 2 nitrogen and oxygen atoms in total. The van der Waals surface area contributed by atoms with Gasteiger partial charge in [-0.1, -0.05) is 38.0 Å². The second-order valence-electron chi connectivity index (χ2n) is 4.84. The predicted octanol–water partition coefficient (Wildman–Crippen LogP) is 4.82. The first-order chi connectivity index (χ1) is 8.05. The minimum atomic E-state index is -0.397. The van der Waals surface area contributed by atoms with Gasteiger partial charge in [0.25, 0.3) is 0 Å². The summed E-state index contributed by atoms with van der Waals surface area (Å²) in [6.07, 6.45) is 9.73. The molecule has 0 fully saturated rings. The van der Waals surface area contributed by atoms with Crippen LogP contribution in [0.3, 0.4) is 0 Å². The van der Waals surface area contributed by atoms with Crippen molar-refractivity contribution < 1.29 is 9.78 Å². The van der Waals surface area contributed by atoms with E-state index in [4.69, 9.17) is 9.78 Å². The fourth-order valence-electron chi connectivity index (χ4n) is 1.52. The molecule has 0 aromatic carbocycles. The Morgan fingerprint density at radius 1 is 1.24 bits per heavy atom. The SMILES string of the molecule is C=CC(C)(C)OOCCCC(=CCC)CCC. The zero-order chi connectivity index (χ0) is 13.1. The van der Waals surface area contributed by atoms with Crippen molar-refractivity contribution in [2.75, 3.05) is 6.61 Å². The van der Waals surface area contributed by atoms with Crippen LogP contribution in [0.5, 0.6) is 0 Å². The van der Waals surface area contributed by atoms with Crippen LogP contribution in [0.4, 0.5) is 0 Å². The molecule has 0 rings (SSSR count). The summed E-state index contributed by atoms with van der Waals surface area (Å²) in [4.78, 5) is 10.4. The van der Waals surface area contributed by atoms with Gasteiger partial charge in [-0.05, 0) is 39.5 Å². The lowest BCUT2D eigenvalue weighted by atomic mass is 10.0. The highest BCUT2D eigenvalue weighted by molar-refractivity contribution is 5.01. The van der Waals surface area contributed by atoms with Gasteiger partial charge in [-0.2, -0.15) is 0 Å². The van der Waals surface area contributed by atoms with E-state index >= 15 is 0 Å². The zero-order valence-electron chi connectivity index (χ0n) is 11.9. The van der Waals surface area contributed by atoms with Crippen LogP contribution >= 0.6 is 0 Å². The maximum absolute atomic E-state index is 5.24. The molecule has 0 bridgehead atoms. The van der Waals surface area contributed by atoms with Crippen LogP contribution in [-0.2, 0) is 9.78 Å². The molecule has 0 aliphatic carbocycles. The van der Waals surface area contributed by atoms with Crippen LogP contribution in [-0.4, -0.2) is 12.2 Å². The maximum Gasteiger partial charge on any atom is 0.116 e. The molecule has 100 valence electrons. The topological polar surface area (TPSA) is 18.5 Å². The van der Waals surface area contributed by atoms with E-state index in [-0.39, 0.29) is 0 Å². The first-order valence-electron chi connectivity index (χ1n) is 6.67. The minimum absolute atomic E-state index is 0.397. The van der Waals surface area contributed by atoms with Gasteiger partial charge in [0.1, 0.15) is 5.60 Å². The third-order valence-corrected chi connectivity index (χ3v) is 2.55. The Kier molecular flexibility index (Phi) is 9.10. The summed E-state index contributed by atoms with van der Waals surface area (Å²) in [6.45, 7) is 12.6. The normalized spacial score (nSPS) is 12.8. The molecule has 0 N–H and O–H groups in total. The monoisotopic (exact) mass is 240 g/mol. The summed E-state index contributed by atoms with van der Waals surface area (Å²) in [7, 11) is 0. The molecule has 0 unspecified atom stereocenters. The molecular weight excluding hydrogens is 212 g/mol. The second kappa shape index (κ2) is 9.43. The lowest BCUT2D eigenvalue weighted by Crippen LogP contribution is -2.21. The van der Waals surface area contributed by atoms with E-state index < -0.39 is 5.60 Å². The lowest BCUT2D eigenvalue weighted by Gasteiger charge is -2.18. The molecule has 0 saturated carbocycles. The third kappa shape index (κ3) is 9.13. The standard InChI is InChI=1S/C15H28O2/c1-6-10-14(11-7-2)12-9-13-16-17-15(4,5)8-3/h8,10H,3,6-7,9,11-13H2,1-2,4-5H3. The van der Waals surface area contributed by atoms with E-state index in [0.717, 1.165) is 19.3 Å². The van der Waals surface area contributed by atoms with Crippen molar-refractivity contribution in [1.82, 2.24) is 0 Å². The highest BCUT2D eigenvalue weighted by atomic mass is 17.2. The van der Waals surface area contributed by atoms with E-state index in [0.29, 0.717) is 6.61 Å². The van der Waals surface area contributed by atoms with Crippen LogP contribution < -0.4 is 0 Å². The van der Waals surface area contributed by atoms with Crippen molar-refractivity contribution in [2.45, 2.75) is 65.4 Å². The van der Waals surface area contributed by atoms with Crippen molar-refractivity contribution in [3.05, 3.63) is 24.3 Å². The molecule has 0 amide bonds. The third-order valence-electron chi connectivity index (χ3n) is 2.55. The Hall–Kier alpha value is -0.600.